The summed E-state index contributed by atoms with van der Waals surface area (Å²) >= 11 is 5.96. The van der Waals surface area contributed by atoms with Crippen molar-refractivity contribution in [3.8, 4) is 5.75 Å². The molecular weight excluding hydrogens is 339 g/mol. The molecule has 2 nitrogen and oxygen atoms in total. The molecule has 0 N–H and O–H groups in total. The normalized spacial score (nSPS) is 20.3. The second kappa shape index (κ2) is 6.30. The van der Waals surface area contributed by atoms with E-state index in [1.807, 2.05) is 37.2 Å². The lowest BCUT2D eigenvalue weighted by molar-refractivity contribution is -0.138. The Labute approximate surface area is 143 Å². The van der Waals surface area contributed by atoms with Crippen molar-refractivity contribution in [3.63, 3.8) is 0 Å². The fraction of sp³-hybridized carbons (Fsp3) is 0.333. The minimum absolute atomic E-state index is 0.0714. The highest BCUT2D eigenvalue weighted by Gasteiger charge is 2.43. The van der Waals surface area contributed by atoms with Crippen LogP contribution in [0.3, 0.4) is 0 Å². The largest absolute Gasteiger partial charge is 0.484 e. The number of halogens is 4. The first kappa shape index (κ1) is 17.1. The number of rotatable bonds is 3. The third-order valence-electron chi connectivity index (χ3n) is 4.29. The number of para-hydroxylation sites is 1. The molecule has 2 aromatic carbocycles. The first-order chi connectivity index (χ1) is 11.3. The second-order valence-electron chi connectivity index (χ2n) is 6.11. The second-order valence-corrected chi connectivity index (χ2v) is 6.54. The lowest BCUT2D eigenvalue weighted by Gasteiger charge is -2.27. The van der Waals surface area contributed by atoms with Crippen molar-refractivity contribution in [2.75, 3.05) is 14.1 Å². The van der Waals surface area contributed by atoms with Crippen LogP contribution < -0.4 is 4.74 Å². The SMILES string of the molecule is CN(C)[C@H]1Cc2c(cc(Cl)cc2C(F)(F)F)[C@@H]1Oc1ccccc1. The molecule has 1 aliphatic carbocycles. The quantitative estimate of drug-likeness (QED) is 0.771. The van der Waals surface area contributed by atoms with E-state index in [1.54, 1.807) is 18.2 Å². The van der Waals surface area contributed by atoms with E-state index in [-0.39, 0.29) is 23.0 Å². The smallest absolute Gasteiger partial charge is 0.416 e. The number of hydrogen-bond acceptors (Lipinski definition) is 2. The first-order valence-corrected chi connectivity index (χ1v) is 7.93. The zero-order valence-electron chi connectivity index (χ0n) is 13.3. The number of likely N-dealkylation sites (N-methyl/N-ethyl adjacent to an activating group) is 1. The Morgan fingerprint density at radius 1 is 1.12 bits per heavy atom. The van der Waals surface area contributed by atoms with Gasteiger partial charge in [0.05, 0.1) is 11.6 Å². The van der Waals surface area contributed by atoms with Gasteiger partial charge in [-0.3, -0.25) is 0 Å². The molecule has 2 aromatic rings. The van der Waals surface area contributed by atoms with Crippen LogP contribution in [0.4, 0.5) is 13.2 Å². The van der Waals surface area contributed by atoms with E-state index in [0.717, 1.165) is 6.07 Å². The van der Waals surface area contributed by atoms with Crippen LogP contribution >= 0.6 is 11.6 Å². The zero-order chi connectivity index (χ0) is 17.5. The van der Waals surface area contributed by atoms with Crippen molar-refractivity contribution >= 4 is 11.6 Å². The molecule has 3 rings (SSSR count). The first-order valence-electron chi connectivity index (χ1n) is 7.55. The van der Waals surface area contributed by atoms with Crippen LogP contribution in [0.5, 0.6) is 5.75 Å². The predicted molar refractivity (Wildman–Crippen MR) is 87.4 cm³/mol. The highest BCUT2D eigenvalue weighted by molar-refractivity contribution is 6.30. The van der Waals surface area contributed by atoms with Gasteiger partial charge in [-0.15, -0.1) is 0 Å². The predicted octanol–water partition coefficient (Wildman–Crippen LogP) is 4.97. The third-order valence-corrected chi connectivity index (χ3v) is 4.51. The van der Waals surface area contributed by atoms with E-state index in [2.05, 4.69) is 0 Å². The molecule has 128 valence electrons. The summed E-state index contributed by atoms with van der Waals surface area (Å²) in [6, 6.07) is 11.5. The van der Waals surface area contributed by atoms with E-state index < -0.39 is 17.8 Å². The summed E-state index contributed by atoms with van der Waals surface area (Å²) in [4.78, 5) is 1.89. The summed E-state index contributed by atoms with van der Waals surface area (Å²) in [6.45, 7) is 0. The van der Waals surface area contributed by atoms with E-state index >= 15 is 0 Å². The van der Waals surface area contributed by atoms with Gasteiger partial charge >= 0.3 is 6.18 Å². The fourth-order valence-electron chi connectivity index (χ4n) is 3.16. The molecule has 24 heavy (non-hydrogen) atoms. The standard InChI is InChI=1S/C18H17ClF3NO/c1-23(2)16-10-13-14(8-11(19)9-15(13)18(20,21)22)17(16)24-12-6-4-3-5-7-12/h3-9,16-17H,10H2,1-2H3/t16-,17-/m0/s1. The van der Waals surface area contributed by atoms with Gasteiger partial charge in [-0.2, -0.15) is 13.2 Å². The van der Waals surface area contributed by atoms with Gasteiger partial charge in [-0.25, -0.2) is 0 Å². The van der Waals surface area contributed by atoms with E-state index in [9.17, 15) is 13.2 Å². The number of fused-ring (bicyclic) bond motifs is 1. The average molecular weight is 356 g/mol. The van der Waals surface area contributed by atoms with Crippen LogP contribution in [0.2, 0.25) is 5.02 Å². The summed E-state index contributed by atoms with van der Waals surface area (Å²) in [5, 5.41) is 0.0714. The molecule has 0 amide bonds. The Morgan fingerprint density at radius 2 is 1.79 bits per heavy atom. The number of ether oxygens (including phenoxy) is 1. The Hall–Kier alpha value is -1.72. The molecule has 0 unspecified atom stereocenters. The van der Waals surface area contributed by atoms with E-state index in [0.29, 0.717) is 11.3 Å². The highest BCUT2D eigenvalue weighted by atomic mass is 35.5. The Morgan fingerprint density at radius 3 is 2.38 bits per heavy atom. The molecule has 2 atom stereocenters. The molecule has 0 spiro atoms. The maximum atomic E-state index is 13.4. The topological polar surface area (TPSA) is 12.5 Å². The number of alkyl halides is 3. The van der Waals surface area contributed by atoms with E-state index in [1.165, 1.54) is 0 Å². The molecule has 0 heterocycles. The van der Waals surface area contributed by atoms with Crippen LogP contribution in [0.15, 0.2) is 42.5 Å². The van der Waals surface area contributed by atoms with Crippen molar-refractivity contribution < 1.29 is 17.9 Å². The lowest BCUT2D eigenvalue weighted by atomic mass is 10.0. The van der Waals surface area contributed by atoms with Gasteiger partial charge in [0, 0.05) is 5.02 Å². The summed E-state index contributed by atoms with van der Waals surface area (Å²) < 4.78 is 46.2. The molecule has 0 aromatic heterocycles. The Balaban J connectivity index is 2.08. The van der Waals surface area contributed by atoms with Crippen molar-refractivity contribution in [2.45, 2.75) is 24.7 Å². The minimum Gasteiger partial charge on any atom is -0.484 e. The van der Waals surface area contributed by atoms with Gasteiger partial charge in [-0.1, -0.05) is 29.8 Å². The number of benzene rings is 2. The minimum atomic E-state index is -4.44. The molecule has 0 bridgehead atoms. The van der Waals surface area contributed by atoms with Crippen LogP contribution in [-0.2, 0) is 12.6 Å². The van der Waals surface area contributed by atoms with Gasteiger partial charge in [0.2, 0.25) is 0 Å². The summed E-state index contributed by atoms with van der Waals surface area (Å²) in [6.07, 6.45) is -4.67. The van der Waals surface area contributed by atoms with Crippen molar-refractivity contribution in [1.29, 1.82) is 0 Å². The molecule has 0 radical (unpaired) electrons. The maximum Gasteiger partial charge on any atom is 0.416 e. The van der Waals surface area contributed by atoms with Crippen LogP contribution in [0, 0.1) is 0 Å². The summed E-state index contributed by atoms with van der Waals surface area (Å²) in [5.41, 5.74) is 0.111. The molecular formula is C18H17ClF3NO. The lowest BCUT2D eigenvalue weighted by Crippen LogP contribution is -2.34. The average Bonchev–Trinajstić information content (AvgIpc) is 2.85. The molecule has 0 saturated carbocycles. The molecule has 0 saturated heterocycles. The third kappa shape index (κ3) is 3.23. The van der Waals surface area contributed by atoms with Crippen molar-refractivity contribution in [1.82, 2.24) is 4.90 Å². The summed E-state index contributed by atoms with van der Waals surface area (Å²) in [7, 11) is 3.68. The highest BCUT2D eigenvalue weighted by Crippen LogP contribution is 2.44. The van der Waals surface area contributed by atoms with Gasteiger partial charge in [0.25, 0.3) is 0 Å². The number of hydrogen-bond donors (Lipinski definition) is 0. The van der Waals surface area contributed by atoms with Crippen LogP contribution in [-0.4, -0.2) is 25.0 Å². The Kier molecular flexibility index (Phi) is 4.49. The van der Waals surface area contributed by atoms with Gasteiger partial charge in [-0.05, 0) is 55.9 Å². The molecule has 1 aliphatic rings. The monoisotopic (exact) mass is 355 g/mol. The molecule has 0 fully saturated rings. The fourth-order valence-corrected chi connectivity index (χ4v) is 3.38. The molecule has 0 aliphatic heterocycles. The van der Waals surface area contributed by atoms with Gasteiger partial charge in [0.1, 0.15) is 11.9 Å². The van der Waals surface area contributed by atoms with Gasteiger partial charge < -0.3 is 9.64 Å². The zero-order valence-corrected chi connectivity index (χ0v) is 14.0. The number of nitrogens with zero attached hydrogens (tertiary/aromatic N) is 1. The molecule has 6 heteroatoms. The van der Waals surface area contributed by atoms with Crippen LogP contribution in [0.25, 0.3) is 0 Å². The summed E-state index contributed by atoms with van der Waals surface area (Å²) in [5.74, 6) is 0.621. The van der Waals surface area contributed by atoms with Crippen molar-refractivity contribution in [3.05, 3.63) is 64.2 Å². The Bertz CT molecular complexity index is 731. The maximum absolute atomic E-state index is 13.4. The van der Waals surface area contributed by atoms with Gasteiger partial charge in [0.15, 0.2) is 0 Å². The van der Waals surface area contributed by atoms with Crippen LogP contribution in [0.1, 0.15) is 22.8 Å². The van der Waals surface area contributed by atoms with E-state index in [4.69, 9.17) is 16.3 Å². The van der Waals surface area contributed by atoms with Crippen molar-refractivity contribution in [2.24, 2.45) is 0 Å².